The summed E-state index contributed by atoms with van der Waals surface area (Å²) in [5.74, 6) is 1.28. The van der Waals surface area contributed by atoms with Gasteiger partial charge < -0.3 is 16.4 Å². The number of halogens is 1. The smallest absolute Gasteiger partial charge is 0.143 e. The molecule has 3 aromatic heterocycles. The second kappa shape index (κ2) is 6.85. The van der Waals surface area contributed by atoms with Crippen molar-refractivity contribution in [3.8, 4) is 0 Å². The van der Waals surface area contributed by atoms with E-state index in [-0.39, 0.29) is 5.54 Å². The van der Waals surface area contributed by atoms with Gasteiger partial charge in [0.05, 0.1) is 32.7 Å². The Hall–Kier alpha value is -2.03. The Kier molecular flexibility index (Phi) is 4.65. The van der Waals surface area contributed by atoms with E-state index in [0.29, 0.717) is 10.8 Å². The highest BCUT2D eigenvalue weighted by atomic mass is 35.5. The fourth-order valence-electron chi connectivity index (χ4n) is 3.30. The van der Waals surface area contributed by atoms with Crippen LogP contribution < -0.4 is 16.4 Å². The molecule has 4 rings (SSSR count). The van der Waals surface area contributed by atoms with E-state index in [4.69, 9.17) is 28.1 Å². The summed E-state index contributed by atoms with van der Waals surface area (Å²) in [6.07, 6.45) is 5.37. The number of anilines is 2. The zero-order valence-electron chi connectivity index (χ0n) is 15.3. The van der Waals surface area contributed by atoms with Crippen molar-refractivity contribution in [1.29, 1.82) is 0 Å². The molecule has 0 bridgehead atoms. The number of hydrogen-bond donors (Lipinski definition) is 3. The first kappa shape index (κ1) is 18.3. The first-order chi connectivity index (χ1) is 12.9. The third-order valence-corrected chi connectivity index (χ3v) is 6.78. The van der Waals surface area contributed by atoms with Gasteiger partial charge in [0, 0.05) is 29.7 Å². The van der Waals surface area contributed by atoms with Crippen molar-refractivity contribution >= 4 is 45.9 Å². The number of piperidine rings is 1. The lowest BCUT2D eigenvalue weighted by atomic mass is 9.91. The predicted molar refractivity (Wildman–Crippen MR) is 110 cm³/mol. The maximum atomic E-state index is 6.33. The van der Waals surface area contributed by atoms with Crippen LogP contribution in [-0.2, 0) is 0 Å². The van der Waals surface area contributed by atoms with Crippen molar-refractivity contribution in [3.63, 3.8) is 0 Å². The summed E-state index contributed by atoms with van der Waals surface area (Å²) in [6, 6.07) is 1.85. The van der Waals surface area contributed by atoms with Gasteiger partial charge in [-0.05, 0) is 32.8 Å². The van der Waals surface area contributed by atoms with Crippen molar-refractivity contribution in [2.24, 2.45) is 5.73 Å². The largest absolute Gasteiger partial charge is 0.382 e. The molecule has 1 aliphatic heterocycles. The van der Waals surface area contributed by atoms with Crippen LogP contribution in [0.3, 0.4) is 0 Å². The highest BCUT2D eigenvalue weighted by Crippen LogP contribution is 2.41. The highest BCUT2D eigenvalue weighted by molar-refractivity contribution is 7.99. The van der Waals surface area contributed by atoms with E-state index in [0.717, 1.165) is 58.1 Å². The van der Waals surface area contributed by atoms with Gasteiger partial charge >= 0.3 is 0 Å². The number of fused-ring (bicyclic) bond motifs is 1. The quantitative estimate of drug-likeness (QED) is 0.614. The number of nitrogens with two attached hydrogens (primary N) is 2. The lowest BCUT2D eigenvalue weighted by Crippen LogP contribution is -2.48. The van der Waals surface area contributed by atoms with Gasteiger partial charge in [-0.25, -0.2) is 9.97 Å². The molecule has 0 unspecified atom stereocenters. The second-order valence-corrected chi connectivity index (χ2v) is 8.69. The molecule has 0 amide bonds. The Bertz CT molecular complexity index is 991. The summed E-state index contributed by atoms with van der Waals surface area (Å²) in [5.41, 5.74) is 13.9. The Morgan fingerprint density at radius 2 is 2.07 bits per heavy atom. The summed E-state index contributed by atoms with van der Waals surface area (Å²) in [7, 11) is 0. The van der Waals surface area contributed by atoms with Crippen LogP contribution in [0.15, 0.2) is 28.3 Å². The molecule has 0 aromatic carbocycles. The maximum Gasteiger partial charge on any atom is 0.143 e. The third-order valence-electron chi connectivity index (χ3n) is 5.01. The molecule has 9 heteroatoms. The number of hydrogen-bond acceptors (Lipinski definition) is 7. The highest BCUT2D eigenvalue weighted by Gasteiger charge is 2.28. The molecule has 0 spiro atoms. The lowest BCUT2D eigenvalue weighted by molar-refractivity contribution is 0.363. The number of nitrogens with one attached hydrogen (secondary N) is 1. The van der Waals surface area contributed by atoms with Crippen molar-refractivity contribution < 1.29 is 0 Å². The van der Waals surface area contributed by atoms with E-state index in [1.54, 1.807) is 6.20 Å². The molecule has 0 saturated carbocycles. The van der Waals surface area contributed by atoms with Gasteiger partial charge in [0.1, 0.15) is 11.6 Å². The van der Waals surface area contributed by atoms with E-state index in [1.165, 1.54) is 11.8 Å². The van der Waals surface area contributed by atoms with Crippen LogP contribution in [0.5, 0.6) is 0 Å². The van der Waals surface area contributed by atoms with Crippen molar-refractivity contribution in [3.05, 3.63) is 29.2 Å². The summed E-state index contributed by atoms with van der Waals surface area (Å²) in [6.45, 7) is 5.89. The maximum absolute atomic E-state index is 6.33. The van der Waals surface area contributed by atoms with Crippen LogP contribution in [-0.4, -0.2) is 38.8 Å². The van der Waals surface area contributed by atoms with Gasteiger partial charge in [-0.3, -0.25) is 5.10 Å². The molecule has 5 N–H and O–H groups in total. The number of H-pyrrole nitrogens is 1. The number of pyridine rings is 2. The van der Waals surface area contributed by atoms with E-state index >= 15 is 0 Å². The molecule has 0 atom stereocenters. The molecule has 1 saturated heterocycles. The third kappa shape index (κ3) is 3.44. The van der Waals surface area contributed by atoms with Crippen LogP contribution in [0.25, 0.3) is 10.9 Å². The molecule has 0 radical (unpaired) electrons. The fraction of sp³-hybridized carbons (Fsp3) is 0.389. The van der Waals surface area contributed by atoms with Gasteiger partial charge in [-0.15, -0.1) is 0 Å². The van der Waals surface area contributed by atoms with Crippen molar-refractivity contribution in [2.75, 3.05) is 23.7 Å². The van der Waals surface area contributed by atoms with Crippen LogP contribution in [0, 0.1) is 6.92 Å². The molecular formula is C18H22ClN7S. The van der Waals surface area contributed by atoms with Crippen molar-refractivity contribution in [2.45, 2.75) is 42.0 Å². The summed E-state index contributed by atoms with van der Waals surface area (Å²) in [4.78, 5) is 13.1. The molecule has 7 nitrogen and oxygen atoms in total. The van der Waals surface area contributed by atoms with Gasteiger partial charge in [-0.1, -0.05) is 23.4 Å². The molecule has 3 aromatic rings. The summed E-state index contributed by atoms with van der Waals surface area (Å²) in [5, 5.41) is 8.85. The van der Waals surface area contributed by atoms with Crippen LogP contribution in [0.4, 0.5) is 11.6 Å². The minimum atomic E-state index is -0.102. The topological polar surface area (TPSA) is 110 Å². The zero-order chi connectivity index (χ0) is 19.2. The molecule has 1 fully saturated rings. The fourth-order valence-corrected chi connectivity index (χ4v) is 4.53. The predicted octanol–water partition coefficient (Wildman–Crippen LogP) is 3.37. The normalized spacial score (nSPS) is 16.8. The monoisotopic (exact) mass is 403 g/mol. The van der Waals surface area contributed by atoms with Gasteiger partial charge in [0.2, 0.25) is 0 Å². The molecule has 142 valence electrons. The van der Waals surface area contributed by atoms with Gasteiger partial charge in [0.25, 0.3) is 0 Å². The van der Waals surface area contributed by atoms with Crippen LogP contribution >= 0.6 is 23.4 Å². The minimum absolute atomic E-state index is 0.102. The number of aromatic amines is 1. The number of aryl methyl sites for hydroxylation is 1. The molecule has 4 heterocycles. The van der Waals surface area contributed by atoms with Crippen LogP contribution in [0.1, 0.15) is 25.5 Å². The first-order valence-corrected chi connectivity index (χ1v) is 10.0. The summed E-state index contributed by atoms with van der Waals surface area (Å²) < 4.78 is 0. The second-order valence-electron chi connectivity index (χ2n) is 7.26. The lowest BCUT2D eigenvalue weighted by Gasteiger charge is -2.37. The number of nitrogen functional groups attached to an aromatic ring is 1. The number of rotatable bonds is 3. The van der Waals surface area contributed by atoms with E-state index in [9.17, 15) is 0 Å². The average molecular weight is 404 g/mol. The Morgan fingerprint density at radius 3 is 2.81 bits per heavy atom. The minimum Gasteiger partial charge on any atom is -0.382 e. The van der Waals surface area contributed by atoms with Crippen LogP contribution in [0.2, 0.25) is 5.02 Å². The van der Waals surface area contributed by atoms with E-state index < -0.39 is 0 Å². The standard InChI is InChI=1S/C18H22ClN7S/c1-10-15(27-12-3-6-22-16(20)13(12)19)14-11(9-23-25-14)17(24-10)26-7-4-18(2,21)5-8-26/h3,6,9H,4-5,7-8,21H2,1-2H3,(H2,20,22)(H,23,25). The zero-order valence-corrected chi connectivity index (χ0v) is 16.9. The van der Waals surface area contributed by atoms with Gasteiger partial charge in [-0.2, -0.15) is 5.10 Å². The first-order valence-electron chi connectivity index (χ1n) is 8.81. The van der Waals surface area contributed by atoms with Crippen molar-refractivity contribution in [1.82, 2.24) is 20.2 Å². The Labute approximate surface area is 166 Å². The average Bonchev–Trinajstić information content (AvgIpc) is 3.10. The number of nitrogens with zero attached hydrogens (tertiary/aromatic N) is 4. The van der Waals surface area contributed by atoms with E-state index in [2.05, 4.69) is 27.0 Å². The van der Waals surface area contributed by atoms with E-state index in [1.807, 2.05) is 19.2 Å². The Balaban J connectivity index is 1.73. The van der Waals surface area contributed by atoms with Gasteiger partial charge in [0.15, 0.2) is 0 Å². The SMILES string of the molecule is Cc1nc(N2CCC(C)(N)CC2)c2cn[nH]c2c1Sc1ccnc(N)c1Cl. The Morgan fingerprint density at radius 1 is 1.33 bits per heavy atom. The molecule has 27 heavy (non-hydrogen) atoms. The number of aromatic nitrogens is 4. The molecule has 0 aliphatic carbocycles. The molecular weight excluding hydrogens is 382 g/mol. The molecule has 1 aliphatic rings. The summed E-state index contributed by atoms with van der Waals surface area (Å²) >= 11 is 7.85.